The van der Waals surface area contributed by atoms with E-state index in [4.69, 9.17) is 10.4 Å². The molecule has 3 aromatic rings. The fraction of sp³-hybridized carbons (Fsp3) is 0.333. The van der Waals surface area contributed by atoms with Crippen molar-refractivity contribution in [2.24, 2.45) is 0 Å². The number of aliphatic hydroxyl groups is 1. The Bertz CT molecular complexity index is 1290. The average Bonchev–Trinajstić information content (AvgIpc) is 2.93. The van der Waals surface area contributed by atoms with Gasteiger partial charge in [0.15, 0.2) is 5.78 Å². The molecule has 1 saturated heterocycles. The third kappa shape index (κ3) is 6.22. The Hall–Kier alpha value is -4.02. The molecule has 7 nitrogen and oxygen atoms in total. The minimum Gasteiger partial charge on any atom is -0.395 e. The molecule has 0 saturated carbocycles. The van der Waals surface area contributed by atoms with E-state index in [2.05, 4.69) is 11.1 Å². The minimum absolute atomic E-state index is 0.0435. The zero-order valence-electron chi connectivity index (χ0n) is 21.4. The lowest BCUT2D eigenvalue weighted by molar-refractivity contribution is 0.0713. The number of likely N-dealkylation sites (N-methyl/N-ethyl adjacent to an activating group) is 1. The Morgan fingerprint density at radius 3 is 2.46 bits per heavy atom. The van der Waals surface area contributed by atoms with E-state index in [0.29, 0.717) is 42.2 Å². The largest absolute Gasteiger partial charge is 0.395 e. The van der Waals surface area contributed by atoms with Crippen molar-refractivity contribution in [1.29, 1.82) is 5.26 Å². The Kier molecular flexibility index (Phi) is 8.32. The van der Waals surface area contributed by atoms with E-state index in [1.165, 1.54) is 5.56 Å². The molecule has 0 bridgehead atoms. The molecule has 0 atom stereocenters. The summed E-state index contributed by atoms with van der Waals surface area (Å²) in [5.74, 6) is 1.00. The molecule has 1 N–H and O–H groups in total. The number of carbonyl (C=O) groups excluding carboxylic acids is 2. The molecule has 1 aliphatic heterocycles. The van der Waals surface area contributed by atoms with E-state index >= 15 is 0 Å². The summed E-state index contributed by atoms with van der Waals surface area (Å²) < 4.78 is 0. The first-order chi connectivity index (χ1) is 17.9. The summed E-state index contributed by atoms with van der Waals surface area (Å²) in [4.78, 5) is 34.5. The highest BCUT2D eigenvalue weighted by molar-refractivity contribution is 6.02. The normalized spacial score (nSPS) is 13.7. The number of benzene rings is 2. The van der Waals surface area contributed by atoms with E-state index < -0.39 is 0 Å². The molecule has 0 radical (unpaired) electrons. The zero-order chi connectivity index (χ0) is 26.4. The van der Waals surface area contributed by atoms with Crippen LogP contribution in [0.5, 0.6) is 0 Å². The highest BCUT2D eigenvalue weighted by Crippen LogP contribution is 2.29. The molecule has 37 heavy (non-hydrogen) atoms. The first-order valence-corrected chi connectivity index (χ1v) is 12.6. The van der Waals surface area contributed by atoms with Crippen molar-refractivity contribution >= 4 is 17.5 Å². The van der Waals surface area contributed by atoms with Crippen LogP contribution in [0.25, 0.3) is 0 Å². The number of likely N-dealkylation sites (tertiary alicyclic amines) is 1. The number of amides is 1. The average molecular weight is 497 g/mol. The summed E-state index contributed by atoms with van der Waals surface area (Å²) >= 11 is 0. The number of rotatable bonds is 8. The van der Waals surface area contributed by atoms with Crippen LogP contribution in [0.2, 0.25) is 0 Å². The molecule has 1 aliphatic rings. The second-order valence-corrected chi connectivity index (χ2v) is 9.60. The number of pyridine rings is 1. The van der Waals surface area contributed by atoms with E-state index in [-0.39, 0.29) is 24.7 Å². The van der Waals surface area contributed by atoms with E-state index in [1.807, 2.05) is 66.2 Å². The van der Waals surface area contributed by atoms with Gasteiger partial charge < -0.3 is 14.9 Å². The third-order valence-electron chi connectivity index (χ3n) is 7.08. The smallest absolute Gasteiger partial charge is 0.253 e. The van der Waals surface area contributed by atoms with Crippen molar-refractivity contribution in [2.75, 3.05) is 38.2 Å². The molecule has 0 spiro atoms. The molecule has 0 unspecified atom stereocenters. The maximum Gasteiger partial charge on any atom is 0.253 e. The number of nitriles is 1. The monoisotopic (exact) mass is 496 g/mol. The number of nitrogens with zero attached hydrogens (tertiary/aromatic N) is 4. The van der Waals surface area contributed by atoms with Gasteiger partial charge in [-0.2, -0.15) is 5.26 Å². The maximum atomic E-state index is 13.3. The fourth-order valence-corrected chi connectivity index (χ4v) is 4.78. The molecule has 0 aliphatic carbocycles. The van der Waals surface area contributed by atoms with Gasteiger partial charge in [-0.1, -0.05) is 24.3 Å². The van der Waals surface area contributed by atoms with E-state index in [0.717, 1.165) is 29.8 Å². The topological polar surface area (TPSA) is 97.5 Å². The standard InChI is InChI=1S/C30H32N4O3/c1-21-3-7-26(18-27(21)28(36)17-23-6-10-29(32-20-23)33(2)15-16-35)30(37)34-13-11-25(12-14-34)24-8-4-22(19-31)5-9-24/h3-10,18,20,25,35H,11-17H2,1-2H3. The summed E-state index contributed by atoms with van der Waals surface area (Å²) in [6.45, 7) is 3.73. The van der Waals surface area contributed by atoms with Gasteiger partial charge in [0.05, 0.1) is 18.2 Å². The van der Waals surface area contributed by atoms with Gasteiger partial charge >= 0.3 is 0 Å². The van der Waals surface area contributed by atoms with Crippen molar-refractivity contribution in [3.63, 3.8) is 0 Å². The third-order valence-corrected chi connectivity index (χ3v) is 7.08. The molecule has 1 aromatic heterocycles. The van der Waals surface area contributed by atoms with Crippen LogP contribution in [0.1, 0.15) is 61.7 Å². The zero-order valence-corrected chi connectivity index (χ0v) is 21.4. The highest BCUT2D eigenvalue weighted by atomic mass is 16.3. The first kappa shape index (κ1) is 26.1. The molecule has 2 aromatic carbocycles. The molecule has 4 rings (SSSR count). The molecular formula is C30H32N4O3. The van der Waals surface area contributed by atoms with Crippen molar-refractivity contribution in [1.82, 2.24) is 9.88 Å². The predicted octanol–water partition coefficient (Wildman–Crippen LogP) is 4.14. The SMILES string of the molecule is Cc1ccc(C(=O)N2CCC(c3ccc(C#N)cc3)CC2)cc1C(=O)Cc1ccc(N(C)CCO)nc1. The predicted molar refractivity (Wildman–Crippen MR) is 143 cm³/mol. The lowest BCUT2D eigenvalue weighted by Gasteiger charge is -2.32. The van der Waals surface area contributed by atoms with Gasteiger partial charge in [0.25, 0.3) is 5.91 Å². The molecule has 2 heterocycles. The minimum atomic E-state index is -0.0510. The summed E-state index contributed by atoms with van der Waals surface area (Å²) in [5.41, 5.74) is 4.59. The van der Waals surface area contributed by atoms with Gasteiger partial charge in [-0.3, -0.25) is 9.59 Å². The number of piperidine rings is 1. The Morgan fingerprint density at radius 1 is 1.11 bits per heavy atom. The van der Waals surface area contributed by atoms with Crippen molar-refractivity contribution < 1.29 is 14.7 Å². The van der Waals surface area contributed by atoms with Crippen molar-refractivity contribution in [3.05, 3.63) is 94.2 Å². The van der Waals surface area contributed by atoms with Crippen LogP contribution in [-0.2, 0) is 6.42 Å². The second kappa shape index (κ2) is 11.8. The van der Waals surface area contributed by atoms with Gasteiger partial charge in [-0.25, -0.2) is 4.98 Å². The maximum absolute atomic E-state index is 13.3. The van der Waals surface area contributed by atoms with Crippen LogP contribution >= 0.6 is 0 Å². The number of anilines is 1. The molecule has 1 fully saturated rings. The number of carbonyl (C=O) groups is 2. The number of aliphatic hydroxyl groups excluding tert-OH is 1. The summed E-state index contributed by atoms with van der Waals surface area (Å²) in [6, 6.07) is 18.9. The number of hydrogen-bond acceptors (Lipinski definition) is 6. The second-order valence-electron chi connectivity index (χ2n) is 9.60. The van der Waals surface area contributed by atoms with Gasteiger partial charge in [0, 0.05) is 50.4 Å². The molecule has 190 valence electrons. The van der Waals surface area contributed by atoms with Gasteiger partial charge in [0.2, 0.25) is 0 Å². The summed E-state index contributed by atoms with van der Waals surface area (Å²) in [5, 5.41) is 18.1. The Morgan fingerprint density at radius 2 is 1.84 bits per heavy atom. The summed E-state index contributed by atoms with van der Waals surface area (Å²) in [6.07, 6.45) is 3.62. The van der Waals surface area contributed by atoms with Gasteiger partial charge in [-0.05, 0) is 72.7 Å². The first-order valence-electron chi connectivity index (χ1n) is 12.6. The van der Waals surface area contributed by atoms with Crippen LogP contribution in [0.4, 0.5) is 5.82 Å². The molecule has 1 amide bonds. The van der Waals surface area contributed by atoms with Crippen LogP contribution in [0.15, 0.2) is 60.8 Å². The molecule has 7 heteroatoms. The number of aromatic nitrogens is 1. The van der Waals surface area contributed by atoms with Crippen LogP contribution in [0.3, 0.4) is 0 Å². The Labute approximate surface area is 218 Å². The fourth-order valence-electron chi connectivity index (χ4n) is 4.78. The van der Waals surface area contributed by atoms with E-state index in [9.17, 15) is 9.59 Å². The van der Waals surface area contributed by atoms with Crippen LogP contribution in [-0.4, -0.2) is 60.0 Å². The van der Waals surface area contributed by atoms with Crippen molar-refractivity contribution in [3.8, 4) is 6.07 Å². The van der Waals surface area contributed by atoms with Crippen LogP contribution < -0.4 is 4.90 Å². The highest BCUT2D eigenvalue weighted by Gasteiger charge is 2.25. The van der Waals surface area contributed by atoms with E-state index in [1.54, 1.807) is 18.3 Å². The van der Waals surface area contributed by atoms with Gasteiger partial charge in [-0.15, -0.1) is 0 Å². The lowest BCUT2D eigenvalue weighted by Crippen LogP contribution is -2.38. The molecular weight excluding hydrogens is 464 g/mol. The number of Topliss-reactive ketones (excluding diaryl/α,β-unsaturated/α-hetero) is 1. The van der Waals surface area contributed by atoms with Crippen molar-refractivity contribution in [2.45, 2.75) is 32.1 Å². The Balaban J connectivity index is 1.40. The summed E-state index contributed by atoms with van der Waals surface area (Å²) in [7, 11) is 1.85. The lowest BCUT2D eigenvalue weighted by atomic mass is 9.88. The quantitative estimate of drug-likeness (QED) is 0.471. The number of hydrogen-bond donors (Lipinski definition) is 1. The number of aryl methyl sites for hydroxylation is 1. The van der Waals surface area contributed by atoms with Crippen LogP contribution in [0, 0.1) is 18.3 Å². The number of ketones is 1. The van der Waals surface area contributed by atoms with Gasteiger partial charge in [0.1, 0.15) is 5.82 Å².